The number of carbonyl (C=O) groups excluding carboxylic acids is 1. The second-order valence-corrected chi connectivity index (χ2v) is 6.32. The summed E-state index contributed by atoms with van der Waals surface area (Å²) in [6.45, 7) is 2.02. The van der Waals surface area contributed by atoms with Crippen molar-refractivity contribution in [2.75, 3.05) is 0 Å². The highest BCUT2D eigenvalue weighted by Gasteiger charge is 2.13. The summed E-state index contributed by atoms with van der Waals surface area (Å²) in [6.07, 6.45) is 8.44. The molecular formula is C21H24N2O. The van der Waals surface area contributed by atoms with Gasteiger partial charge in [-0.25, -0.2) is 4.79 Å². The van der Waals surface area contributed by atoms with Crippen LogP contribution in [0.1, 0.15) is 48.1 Å². The normalized spacial score (nSPS) is 14.9. The molecule has 0 saturated carbocycles. The Morgan fingerprint density at radius 2 is 1.79 bits per heavy atom. The summed E-state index contributed by atoms with van der Waals surface area (Å²) in [5.74, 6) is 0. The molecule has 3 heteroatoms. The van der Waals surface area contributed by atoms with E-state index in [4.69, 9.17) is 0 Å². The monoisotopic (exact) mass is 320 g/mol. The minimum atomic E-state index is -0.188. The molecule has 0 saturated heterocycles. The van der Waals surface area contributed by atoms with Crippen molar-refractivity contribution < 1.29 is 4.79 Å². The van der Waals surface area contributed by atoms with Gasteiger partial charge in [-0.1, -0.05) is 48.5 Å². The fraction of sp³-hybridized carbons (Fsp3) is 0.286. The lowest BCUT2D eigenvalue weighted by atomic mass is 9.89. The molecule has 2 amide bonds. The Balaban J connectivity index is 1.55. The number of amides is 2. The van der Waals surface area contributed by atoms with Crippen molar-refractivity contribution in [3.05, 3.63) is 77.0 Å². The molecule has 1 aliphatic rings. The molecule has 0 fully saturated rings. The highest BCUT2D eigenvalue weighted by Crippen LogP contribution is 2.24. The topological polar surface area (TPSA) is 41.1 Å². The van der Waals surface area contributed by atoms with Gasteiger partial charge in [0.15, 0.2) is 0 Å². The summed E-state index contributed by atoms with van der Waals surface area (Å²) in [7, 11) is 0. The van der Waals surface area contributed by atoms with E-state index in [1.165, 1.54) is 30.4 Å². The lowest BCUT2D eigenvalue weighted by Crippen LogP contribution is -2.34. The van der Waals surface area contributed by atoms with Crippen LogP contribution >= 0.6 is 0 Å². The molecule has 0 aromatic heterocycles. The smallest absolute Gasteiger partial charge is 0.319 e. The zero-order valence-electron chi connectivity index (χ0n) is 14.1. The van der Waals surface area contributed by atoms with Crippen LogP contribution in [0, 0.1) is 0 Å². The maximum Gasteiger partial charge on any atom is 0.319 e. The average Bonchev–Trinajstić information content (AvgIpc) is 2.62. The second-order valence-electron chi connectivity index (χ2n) is 6.32. The van der Waals surface area contributed by atoms with E-state index in [-0.39, 0.29) is 12.1 Å². The van der Waals surface area contributed by atoms with E-state index >= 15 is 0 Å². The van der Waals surface area contributed by atoms with Crippen LogP contribution in [-0.2, 0) is 12.8 Å². The lowest BCUT2D eigenvalue weighted by Gasteiger charge is -2.20. The SMILES string of the molecule is CC(NC(=O)N/C=C/c1ccccc1)c1ccc2c(c1)CCCC2. The number of hydrogen-bond acceptors (Lipinski definition) is 1. The number of carbonyl (C=O) groups is 1. The summed E-state index contributed by atoms with van der Waals surface area (Å²) < 4.78 is 0. The van der Waals surface area contributed by atoms with E-state index in [0.29, 0.717) is 0 Å². The molecule has 2 aromatic rings. The molecule has 0 bridgehead atoms. The van der Waals surface area contributed by atoms with Crippen molar-refractivity contribution in [2.24, 2.45) is 0 Å². The maximum absolute atomic E-state index is 12.0. The van der Waals surface area contributed by atoms with Gasteiger partial charge in [-0.3, -0.25) is 0 Å². The van der Waals surface area contributed by atoms with E-state index in [9.17, 15) is 4.79 Å². The standard InChI is InChI=1S/C21H24N2O/c1-16(19-12-11-18-9-5-6-10-20(18)15-19)23-21(24)22-14-13-17-7-3-2-4-8-17/h2-4,7-8,11-16H,5-6,9-10H2,1H3,(H2,22,23,24)/b14-13+. The molecular weight excluding hydrogens is 296 g/mol. The first-order valence-corrected chi connectivity index (χ1v) is 8.63. The zero-order chi connectivity index (χ0) is 16.8. The predicted octanol–water partition coefficient (Wildman–Crippen LogP) is 4.60. The Kier molecular flexibility index (Phi) is 5.32. The van der Waals surface area contributed by atoms with Gasteiger partial charge in [-0.15, -0.1) is 0 Å². The second kappa shape index (κ2) is 7.82. The molecule has 0 heterocycles. The van der Waals surface area contributed by atoms with Crippen LogP contribution in [0.5, 0.6) is 0 Å². The first-order valence-electron chi connectivity index (χ1n) is 8.63. The lowest BCUT2D eigenvalue weighted by molar-refractivity contribution is 0.241. The number of benzene rings is 2. The van der Waals surface area contributed by atoms with Crippen LogP contribution in [-0.4, -0.2) is 6.03 Å². The predicted molar refractivity (Wildman–Crippen MR) is 98.6 cm³/mol. The molecule has 124 valence electrons. The summed E-state index contributed by atoms with van der Waals surface area (Å²) in [5, 5.41) is 5.75. The third-order valence-electron chi connectivity index (χ3n) is 4.51. The van der Waals surface area contributed by atoms with Gasteiger partial charge in [-0.2, -0.15) is 0 Å². The van der Waals surface area contributed by atoms with Crippen LogP contribution in [0.2, 0.25) is 0 Å². The number of fused-ring (bicyclic) bond motifs is 1. The fourth-order valence-electron chi connectivity index (χ4n) is 3.12. The highest BCUT2D eigenvalue weighted by molar-refractivity contribution is 5.76. The van der Waals surface area contributed by atoms with Crippen LogP contribution in [0.15, 0.2) is 54.7 Å². The molecule has 1 atom stereocenters. The molecule has 1 aliphatic carbocycles. The third kappa shape index (κ3) is 4.25. The van der Waals surface area contributed by atoms with E-state index in [1.807, 2.05) is 43.3 Å². The van der Waals surface area contributed by atoms with Crippen molar-refractivity contribution in [3.8, 4) is 0 Å². The number of aryl methyl sites for hydroxylation is 2. The number of nitrogens with one attached hydrogen (secondary N) is 2. The van der Waals surface area contributed by atoms with E-state index in [0.717, 1.165) is 17.5 Å². The Labute approximate surface area is 143 Å². The first kappa shape index (κ1) is 16.3. The molecule has 24 heavy (non-hydrogen) atoms. The van der Waals surface area contributed by atoms with E-state index < -0.39 is 0 Å². The van der Waals surface area contributed by atoms with Crippen molar-refractivity contribution in [1.29, 1.82) is 0 Å². The Bertz CT molecular complexity index is 722. The summed E-state index contributed by atoms with van der Waals surface area (Å²) >= 11 is 0. The largest absolute Gasteiger partial charge is 0.331 e. The van der Waals surface area contributed by atoms with Gasteiger partial charge < -0.3 is 10.6 Å². The van der Waals surface area contributed by atoms with Gasteiger partial charge >= 0.3 is 6.03 Å². The van der Waals surface area contributed by atoms with Gasteiger partial charge in [0, 0.05) is 6.20 Å². The van der Waals surface area contributed by atoms with Gasteiger partial charge in [0.05, 0.1) is 6.04 Å². The number of hydrogen-bond donors (Lipinski definition) is 2. The van der Waals surface area contributed by atoms with Crippen molar-refractivity contribution in [1.82, 2.24) is 10.6 Å². The van der Waals surface area contributed by atoms with Crippen LogP contribution in [0.4, 0.5) is 4.79 Å². The van der Waals surface area contributed by atoms with E-state index in [2.05, 4.69) is 28.8 Å². The maximum atomic E-state index is 12.0. The molecule has 0 aliphatic heterocycles. The Morgan fingerprint density at radius 3 is 2.58 bits per heavy atom. The molecule has 1 unspecified atom stereocenters. The molecule has 2 aromatic carbocycles. The molecule has 0 radical (unpaired) electrons. The van der Waals surface area contributed by atoms with Crippen LogP contribution in [0.25, 0.3) is 6.08 Å². The number of urea groups is 1. The minimum absolute atomic E-state index is 0.0117. The number of rotatable bonds is 4. The zero-order valence-corrected chi connectivity index (χ0v) is 14.1. The van der Waals surface area contributed by atoms with Crippen molar-refractivity contribution in [2.45, 2.75) is 38.6 Å². The van der Waals surface area contributed by atoms with Crippen molar-refractivity contribution >= 4 is 12.1 Å². The first-order chi connectivity index (χ1) is 11.7. The summed E-state index contributed by atoms with van der Waals surface area (Å²) in [4.78, 5) is 12.0. The summed E-state index contributed by atoms with van der Waals surface area (Å²) in [6, 6.07) is 16.3. The molecule has 2 N–H and O–H groups in total. The Morgan fingerprint density at radius 1 is 1.04 bits per heavy atom. The molecule has 0 spiro atoms. The fourth-order valence-corrected chi connectivity index (χ4v) is 3.12. The van der Waals surface area contributed by atoms with E-state index in [1.54, 1.807) is 6.20 Å². The Hall–Kier alpha value is -2.55. The van der Waals surface area contributed by atoms with Gasteiger partial charge in [0.1, 0.15) is 0 Å². The van der Waals surface area contributed by atoms with Gasteiger partial charge in [-0.05, 0) is 60.9 Å². The van der Waals surface area contributed by atoms with Crippen LogP contribution < -0.4 is 10.6 Å². The molecule has 3 nitrogen and oxygen atoms in total. The average molecular weight is 320 g/mol. The summed E-state index contributed by atoms with van der Waals surface area (Å²) in [5.41, 5.74) is 5.13. The highest BCUT2D eigenvalue weighted by atomic mass is 16.2. The minimum Gasteiger partial charge on any atom is -0.331 e. The quantitative estimate of drug-likeness (QED) is 0.849. The van der Waals surface area contributed by atoms with Gasteiger partial charge in [0.2, 0.25) is 0 Å². The van der Waals surface area contributed by atoms with Crippen molar-refractivity contribution in [3.63, 3.8) is 0 Å². The van der Waals surface area contributed by atoms with Gasteiger partial charge in [0.25, 0.3) is 0 Å². The third-order valence-corrected chi connectivity index (χ3v) is 4.51. The molecule has 3 rings (SSSR count). The van der Waals surface area contributed by atoms with Crippen LogP contribution in [0.3, 0.4) is 0 Å².